The maximum atomic E-state index is 13.2. The molecule has 0 spiro atoms. The third-order valence-corrected chi connectivity index (χ3v) is 4.10. The standard InChI is InChI=1S/C13H23FNO/c14-11-3-1-5-12(6-2-4-11)15-9-7-13(16)8-10-15/h11-13H,1-10H2. The van der Waals surface area contributed by atoms with E-state index in [1.165, 1.54) is 0 Å². The van der Waals surface area contributed by atoms with E-state index in [0.717, 1.165) is 64.5 Å². The Morgan fingerprint density at radius 2 is 1.44 bits per heavy atom. The highest BCUT2D eigenvalue weighted by atomic mass is 19.1. The molecule has 2 fully saturated rings. The Labute approximate surface area is 97.8 Å². The van der Waals surface area contributed by atoms with E-state index >= 15 is 0 Å². The first-order valence-corrected chi connectivity index (χ1v) is 6.79. The fourth-order valence-corrected chi connectivity index (χ4v) is 3.04. The van der Waals surface area contributed by atoms with Gasteiger partial charge >= 0.3 is 0 Å². The maximum Gasteiger partial charge on any atom is 0.100 e. The number of hydrogen-bond acceptors (Lipinski definition) is 1. The summed E-state index contributed by atoms with van der Waals surface area (Å²) in [4.78, 5) is 2.48. The molecule has 1 radical (unpaired) electrons. The van der Waals surface area contributed by atoms with E-state index < -0.39 is 6.17 Å². The molecule has 1 aliphatic carbocycles. The number of halogens is 1. The van der Waals surface area contributed by atoms with Gasteiger partial charge in [0.15, 0.2) is 0 Å². The Morgan fingerprint density at radius 3 is 2.00 bits per heavy atom. The average Bonchev–Trinajstić information content (AvgIpc) is 2.25. The Hall–Kier alpha value is -0.150. The Bertz CT molecular complexity index is 194. The van der Waals surface area contributed by atoms with Crippen molar-refractivity contribution in [2.75, 3.05) is 13.1 Å². The molecule has 0 atom stereocenters. The SMILES string of the molecule is [O]C1CCN(C2CCCC(F)CCC2)CC1. The summed E-state index contributed by atoms with van der Waals surface area (Å²) < 4.78 is 13.2. The Balaban J connectivity index is 1.79. The van der Waals surface area contributed by atoms with Crippen molar-refractivity contribution in [2.45, 2.75) is 69.7 Å². The van der Waals surface area contributed by atoms with E-state index in [9.17, 15) is 9.50 Å². The Morgan fingerprint density at radius 1 is 0.875 bits per heavy atom. The minimum absolute atomic E-state index is 0.333. The van der Waals surface area contributed by atoms with Crippen LogP contribution in [0.2, 0.25) is 0 Å². The largest absolute Gasteiger partial charge is 0.300 e. The van der Waals surface area contributed by atoms with E-state index in [1.807, 2.05) is 0 Å². The molecule has 1 heterocycles. The summed E-state index contributed by atoms with van der Waals surface area (Å²) in [5.41, 5.74) is 0. The highest BCUT2D eigenvalue weighted by Gasteiger charge is 2.25. The van der Waals surface area contributed by atoms with E-state index in [2.05, 4.69) is 4.90 Å². The van der Waals surface area contributed by atoms with Crippen LogP contribution in [-0.2, 0) is 5.11 Å². The van der Waals surface area contributed by atoms with Crippen LogP contribution in [0.3, 0.4) is 0 Å². The van der Waals surface area contributed by atoms with Gasteiger partial charge in [-0.15, -0.1) is 0 Å². The van der Waals surface area contributed by atoms with Gasteiger partial charge in [-0.25, -0.2) is 9.50 Å². The molecule has 0 amide bonds. The van der Waals surface area contributed by atoms with Crippen molar-refractivity contribution in [2.24, 2.45) is 0 Å². The van der Waals surface area contributed by atoms with E-state index in [4.69, 9.17) is 0 Å². The number of rotatable bonds is 1. The molecule has 0 N–H and O–H groups in total. The van der Waals surface area contributed by atoms with Gasteiger partial charge in [0.25, 0.3) is 0 Å². The normalized spacial score (nSPS) is 35.6. The number of hydrogen-bond donors (Lipinski definition) is 0. The van der Waals surface area contributed by atoms with Crippen LogP contribution in [0.25, 0.3) is 0 Å². The van der Waals surface area contributed by atoms with Crippen molar-refractivity contribution in [3.05, 3.63) is 0 Å². The van der Waals surface area contributed by atoms with Gasteiger partial charge in [0.05, 0.1) is 6.10 Å². The minimum atomic E-state index is -0.562. The predicted octanol–water partition coefficient (Wildman–Crippen LogP) is 2.94. The molecule has 0 bridgehead atoms. The molecule has 2 nitrogen and oxygen atoms in total. The van der Waals surface area contributed by atoms with Crippen LogP contribution in [0, 0.1) is 0 Å². The molecule has 0 aromatic carbocycles. The molecular weight excluding hydrogens is 205 g/mol. The lowest BCUT2D eigenvalue weighted by Gasteiger charge is -2.36. The zero-order valence-corrected chi connectivity index (χ0v) is 10.0. The van der Waals surface area contributed by atoms with Crippen molar-refractivity contribution >= 4 is 0 Å². The molecule has 1 saturated heterocycles. The zero-order chi connectivity index (χ0) is 11.4. The summed E-state index contributed by atoms with van der Waals surface area (Å²) >= 11 is 0. The summed E-state index contributed by atoms with van der Waals surface area (Å²) in [6, 6.07) is 0.625. The smallest absolute Gasteiger partial charge is 0.100 e. The summed E-state index contributed by atoms with van der Waals surface area (Å²) in [5, 5.41) is 11.3. The molecule has 0 aromatic heterocycles. The third kappa shape index (κ3) is 3.42. The molecule has 16 heavy (non-hydrogen) atoms. The number of likely N-dealkylation sites (tertiary alicyclic amines) is 1. The minimum Gasteiger partial charge on any atom is -0.300 e. The van der Waals surface area contributed by atoms with Crippen LogP contribution in [0.5, 0.6) is 0 Å². The summed E-state index contributed by atoms with van der Waals surface area (Å²) in [7, 11) is 0. The molecular formula is C13H23FNO. The summed E-state index contributed by atoms with van der Waals surface area (Å²) in [5.74, 6) is 0. The van der Waals surface area contributed by atoms with Crippen LogP contribution < -0.4 is 0 Å². The van der Waals surface area contributed by atoms with Gasteiger partial charge < -0.3 is 4.90 Å². The lowest BCUT2D eigenvalue weighted by Crippen LogP contribution is -2.43. The molecule has 1 saturated carbocycles. The predicted molar refractivity (Wildman–Crippen MR) is 61.7 cm³/mol. The van der Waals surface area contributed by atoms with Crippen molar-refractivity contribution in [1.29, 1.82) is 0 Å². The second-order valence-electron chi connectivity index (χ2n) is 5.35. The van der Waals surface area contributed by atoms with Gasteiger partial charge in [-0.3, -0.25) is 0 Å². The second-order valence-corrected chi connectivity index (χ2v) is 5.35. The average molecular weight is 228 g/mol. The molecule has 1 aliphatic heterocycles. The van der Waals surface area contributed by atoms with Gasteiger partial charge in [0.1, 0.15) is 6.17 Å². The topological polar surface area (TPSA) is 23.1 Å². The van der Waals surface area contributed by atoms with Gasteiger partial charge in [-0.05, 0) is 51.4 Å². The monoisotopic (exact) mass is 228 g/mol. The Kier molecular flexibility index (Phi) is 4.59. The first-order chi connectivity index (χ1) is 7.75. The number of alkyl halides is 1. The highest BCUT2D eigenvalue weighted by molar-refractivity contribution is 4.80. The fraction of sp³-hybridized carbons (Fsp3) is 1.00. The van der Waals surface area contributed by atoms with Crippen molar-refractivity contribution in [1.82, 2.24) is 4.90 Å². The third-order valence-electron chi connectivity index (χ3n) is 4.10. The number of piperidine rings is 1. The lowest BCUT2D eigenvalue weighted by molar-refractivity contribution is 0.0104. The fourth-order valence-electron chi connectivity index (χ4n) is 3.04. The van der Waals surface area contributed by atoms with Crippen molar-refractivity contribution in [3.63, 3.8) is 0 Å². The van der Waals surface area contributed by atoms with Crippen molar-refractivity contribution < 1.29 is 9.50 Å². The van der Waals surface area contributed by atoms with Crippen LogP contribution in [-0.4, -0.2) is 36.3 Å². The number of nitrogens with zero attached hydrogens (tertiary/aromatic N) is 1. The lowest BCUT2D eigenvalue weighted by atomic mass is 9.93. The maximum absolute atomic E-state index is 13.2. The van der Waals surface area contributed by atoms with E-state index in [1.54, 1.807) is 0 Å². The molecule has 2 rings (SSSR count). The molecule has 3 heteroatoms. The van der Waals surface area contributed by atoms with Crippen molar-refractivity contribution in [3.8, 4) is 0 Å². The molecule has 93 valence electrons. The molecule has 0 aromatic rings. The van der Waals surface area contributed by atoms with E-state index in [0.29, 0.717) is 6.04 Å². The first kappa shape index (κ1) is 12.3. The van der Waals surface area contributed by atoms with Crippen LogP contribution in [0.15, 0.2) is 0 Å². The second kappa shape index (κ2) is 5.97. The molecule has 2 aliphatic rings. The zero-order valence-electron chi connectivity index (χ0n) is 10.0. The molecule has 0 unspecified atom stereocenters. The quantitative estimate of drug-likeness (QED) is 0.676. The van der Waals surface area contributed by atoms with Crippen LogP contribution >= 0.6 is 0 Å². The van der Waals surface area contributed by atoms with Gasteiger partial charge in [0, 0.05) is 19.1 Å². The van der Waals surface area contributed by atoms with E-state index in [-0.39, 0.29) is 6.10 Å². The van der Waals surface area contributed by atoms with Gasteiger partial charge in [0.2, 0.25) is 0 Å². The summed E-state index contributed by atoms with van der Waals surface area (Å²) in [6.07, 6.45) is 6.50. The van der Waals surface area contributed by atoms with Crippen LogP contribution in [0.4, 0.5) is 4.39 Å². The van der Waals surface area contributed by atoms with Gasteiger partial charge in [-0.2, -0.15) is 0 Å². The highest BCUT2D eigenvalue weighted by Crippen LogP contribution is 2.25. The first-order valence-electron chi connectivity index (χ1n) is 6.79. The van der Waals surface area contributed by atoms with Crippen LogP contribution in [0.1, 0.15) is 51.4 Å². The van der Waals surface area contributed by atoms with Gasteiger partial charge in [-0.1, -0.05) is 0 Å². The summed E-state index contributed by atoms with van der Waals surface area (Å²) in [6.45, 7) is 1.94.